The van der Waals surface area contributed by atoms with E-state index in [1.54, 1.807) is 0 Å². The fourth-order valence-electron chi connectivity index (χ4n) is 3.13. The number of fused-ring (bicyclic) bond motifs is 4. The maximum absolute atomic E-state index is 5.42. The molecule has 3 aliphatic rings. The van der Waals surface area contributed by atoms with Crippen molar-refractivity contribution in [3.63, 3.8) is 0 Å². The topological polar surface area (TPSA) is 27.8 Å². The third kappa shape index (κ3) is 1.79. The molecule has 0 aromatic carbocycles. The molecule has 4 rings (SSSR count). The molecule has 2 N–H and O–H groups in total. The SMILES string of the molecule is S=C1C=c2[nH]c3c(c2=C2C=CC=CC2N1)CCC=C3Br. The number of hydrogen-bond donors (Lipinski definition) is 2. The van der Waals surface area contributed by atoms with Gasteiger partial charge in [0, 0.05) is 15.1 Å². The lowest BCUT2D eigenvalue weighted by molar-refractivity contribution is 0.909. The first-order chi connectivity index (χ1) is 9.74. The molecule has 0 bridgehead atoms. The molecule has 2 aliphatic carbocycles. The Kier molecular flexibility index (Phi) is 2.82. The minimum absolute atomic E-state index is 0.176. The van der Waals surface area contributed by atoms with E-state index in [1.165, 1.54) is 22.0 Å². The van der Waals surface area contributed by atoms with Crippen molar-refractivity contribution in [2.75, 3.05) is 0 Å². The van der Waals surface area contributed by atoms with E-state index < -0.39 is 0 Å². The van der Waals surface area contributed by atoms with Gasteiger partial charge in [-0.05, 0) is 46.0 Å². The summed E-state index contributed by atoms with van der Waals surface area (Å²) in [5.74, 6) is 0. The van der Waals surface area contributed by atoms with E-state index in [0.717, 1.165) is 27.7 Å². The Labute approximate surface area is 130 Å². The fourth-order valence-corrected chi connectivity index (χ4v) is 3.94. The zero-order valence-corrected chi connectivity index (χ0v) is 13.1. The van der Waals surface area contributed by atoms with Gasteiger partial charge >= 0.3 is 0 Å². The van der Waals surface area contributed by atoms with E-state index in [2.05, 4.69) is 56.6 Å². The maximum Gasteiger partial charge on any atom is 0.102 e. The van der Waals surface area contributed by atoms with E-state index in [9.17, 15) is 0 Å². The number of aromatic amines is 1. The number of allylic oxidation sites excluding steroid dienone is 3. The van der Waals surface area contributed by atoms with Gasteiger partial charge in [0.2, 0.25) is 0 Å². The fraction of sp³-hybridized carbons (Fsp3) is 0.188. The maximum atomic E-state index is 5.42. The summed E-state index contributed by atoms with van der Waals surface area (Å²) in [4.78, 5) is 4.31. The summed E-state index contributed by atoms with van der Waals surface area (Å²) in [7, 11) is 0. The van der Waals surface area contributed by atoms with E-state index >= 15 is 0 Å². The summed E-state index contributed by atoms with van der Waals surface area (Å²) in [6.45, 7) is 0. The summed E-state index contributed by atoms with van der Waals surface area (Å²) >= 11 is 9.08. The summed E-state index contributed by atoms with van der Waals surface area (Å²) < 4.78 is 1.16. The number of thiocarbonyl (C=S) groups is 1. The van der Waals surface area contributed by atoms with Gasteiger partial charge in [-0.25, -0.2) is 0 Å². The van der Waals surface area contributed by atoms with Crippen LogP contribution in [0.5, 0.6) is 0 Å². The molecule has 2 nitrogen and oxygen atoms in total. The van der Waals surface area contributed by atoms with Crippen molar-refractivity contribution in [1.82, 2.24) is 10.3 Å². The van der Waals surface area contributed by atoms with Gasteiger partial charge in [-0.1, -0.05) is 42.6 Å². The molecule has 1 aromatic heterocycles. The van der Waals surface area contributed by atoms with Gasteiger partial charge in [0.15, 0.2) is 0 Å². The zero-order chi connectivity index (χ0) is 13.7. The minimum Gasteiger partial charge on any atom is -0.366 e. The second kappa shape index (κ2) is 4.57. The third-order valence-electron chi connectivity index (χ3n) is 3.98. The minimum atomic E-state index is 0.176. The predicted octanol–water partition coefficient (Wildman–Crippen LogP) is 2.05. The van der Waals surface area contributed by atoms with Gasteiger partial charge in [-0.3, -0.25) is 0 Å². The molecule has 0 spiro atoms. The molecule has 1 aliphatic heterocycles. The quantitative estimate of drug-likeness (QED) is 0.705. The number of halogens is 1. The van der Waals surface area contributed by atoms with E-state index in [1.807, 2.05) is 6.08 Å². The Morgan fingerprint density at radius 1 is 1.30 bits per heavy atom. The van der Waals surface area contributed by atoms with E-state index in [-0.39, 0.29) is 6.04 Å². The first-order valence-electron chi connectivity index (χ1n) is 6.72. The number of H-pyrrole nitrogens is 1. The highest BCUT2D eigenvalue weighted by molar-refractivity contribution is 9.15. The summed E-state index contributed by atoms with van der Waals surface area (Å²) in [5, 5.41) is 5.83. The van der Waals surface area contributed by atoms with Crippen molar-refractivity contribution < 1.29 is 0 Å². The van der Waals surface area contributed by atoms with Crippen LogP contribution < -0.4 is 15.9 Å². The van der Waals surface area contributed by atoms with Gasteiger partial charge in [-0.15, -0.1) is 0 Å². The normalized spacial score (nSPS) is 23.1. The standard InChI is InChI=1S/C16H13BrN2S/c17-11-6-3-5-10-15-9-4-1-2-7-12(9)18-14(20)8-13(15)19-16(10)11/h1-2,4,6-8,12,19H,3,5H2,(H,18,20). The molecular formula is C16H13BrN2S. The van der Waals surface area contributed by atoms with Crippen LogP contribution in [0.1, 0.15) is 17.7 Å². The van der Waals surface area contributed by atoms with Crippen LogP contribution in [0.2, 0.25) is 0 Å². The van der Waals surface area contributed by atoms with E-state index in [0.29, 0.717) is 0 Å². The highest BCUT2D eigenvalue weighted by Gasteiger charge is 2.22. The Balaban J connectivity index is 2.15. The number of rotatable bonds is 0. The third-order valence-corrected chi connectivity index (χ3v) is 4.93. The smallest absolute Gasteiger partial charge is 0.102 e. The average molecular weight is 345 g/mol. The highest BCUT2D eigenvalue weighted by Crippen LogP contribution is 2.27. The first-order valence-corrected chi connectivity index (χ1v) is 7.92. The highest BCUT2D eigenvalue weighted by atomic mass is 79.9. The van der Waals surface area contributed by atoms with Crippen molar-refractivity contribution in [2.45, 2.75) is 18.9 Å². The van der Waals surface area contributed by atoms with Gasteiger partial charge in [0.05, 0.1) is 11.7 Å². The lowest BCUT2D eigenvalue weighted by Crippen LogP contribution is -2.34. The molecule has 4 heteroatoms. The predicted molar refractivity (Wildman–Crippen MR) is 90.9 cm³/mol. The van der Waals surface area contributed by atoms with Gasteiger partial charge in [-0.2, -0.15) is 0 Å². The molecule has 1 aromatic rings. The van der Waals surface area contributed by atoms with E-state index in [4.69, 9.17) is 12.2 Å². The zero-order valence-electron chi connectivity index (χ0n) is 10.7. The van der Waals surface area contributed by atoms with Crippen LogP contribution in [-0.2, 0) is 6.42 Å². The van der Waals surface area contributed by atoms with Crippen molar-refractivity contribution >= 4 is 49.3 Å². The molecule has 1 unspecified atom stereocenters. The Morgan fingerprint density at radius 2 is 2.20 bits per heavy atom. The second-order valence-corrected chi connectivity index (χ2v) is 6.48. The lowest BCUT2D eigenvalue weighted by Gasteiger charge is -2.18. The largest absolute Gasteiger partial charge is 0.366 e. The Bertz CT molecular complexity index is 823. The first kappa shape index (κ1) is 12.4. The monoisotopic (exact) mass is 344 g/mol. The molecule has 0 fully saturated rings. The molecule has 20 heavy (non-hydrogen) atoms. The van der Waals surface area contributed by atoms with Crippen LogP contribution in [0.4, 0.5) is 0 Å². The van der Waals surface area contributed by atoms with Crippen LogP contribution in [0.3, 0.4) is 0 Å². The van der Waals surface area contributed by atoms with Crippen molar-refractivity contribution in [2.24, 2.45) is 0 Å². The van der Waals surface area contributed by atoms with Crippen LogP contribution in [0, 0.1) is 0 Å². The number of aromatic nitrogens is 1. The van der Waals surface area contributed by atoms with Crippen LogP contribution in [0.15, 0.2) is 30.4 Å². The molecule has 2 heterocycles. The molecule has 0 saturated carbocycles. The summed E-state index contributed by atoms with van der Waals surface area (Å²) in [5.41, 5.74) is 3.91. The van der Waals surface area contributed by atoms with Crippen LogP contribution >= 0.6 is 28.1 Å². The Morgan fingerprint density at radius 3 is 3.10 bits per heavy atom. The van der Waals surface area contributed by atoms with Crippen molar-refractivity contribution in [3.8, 4) is 0 Å². The molecule has 1 atom stereocenters. The number of nitrogens with one attached hydrogen (secondary N) is 2. The summed E-state index contributed by atoms with van der Waals surface area (Å²) in [6.07, 6.45) is 14.9. The summed E-state index contributed by atoms with van der Waals surface area (Å²) in [6, 6.07) is 0.176. The van der Waals surface area contributed by atoms with Crippen LogP contribution in [0.25, 0.3) is 16.1 Å². The molecular weight excluding hydrogens is 332 g/mol. The number of hydrogen-bond acceptors (Lipinski definition) is 1. The van der Waals surface area contributed by atoms with Gasteiger partial charge < -0.3 is 10.3 Å². The molecule has 0 saturated heterocycles. The average Bonchev–Trinajstić information content (AvgIpc) is 2.72. The molecule has 0 amide bonds. The van der Waals surface area contributed by atoms with Crippen molar-refractivity contribution in [1.29, 1.82) is 0 Å². The Hall–Kier alpha value is -1.39. The molecule has 100 valence electrons. The molecule has 0 radical (unpaired) electrons. The van der Waals surface area contributed by atoms with Gasteiger partial charge in [0.25, 0.3) is 0 Å². The second-order valence-electron chi connectivity index (χ2n) is 5.19. The van der Waals surface area contributed by atoms with Gasteiger partial charge in [0.1, 0.15) is 4.99 Å². The van der Waals surface area contributed by atoms with Crippen LogP contribution in [-0.4, -0.2) is 16.0 Å². The lowest BCUT2D eigenvalue weighted by atomic mass is 9.95. The van der Waals surface area contributed by atoms with Crippen molar-refractivity contribution in [3.05, 3.63) is 52.2 Å².